The van der Waals surface area contributed by atoms with Crippen LogP contribution in [0.1, 0.15) is 43.6 Å². The lowest BCUT2D eigenvalue weighted by Gasteiger charge is -2.32. The lowest BCUT2D eigenvalue weighted by Crippen LogP contribution is -2.29. The summed E-state index contributed by atoms with van der Waals surface area (Å²) in [4.78, 5) is 0. The number of halogens is 5. The maximum atomic E-state index is 14.8. The van der Waals surface area contributed by atoms with E-state index in [9.17, 15) is 13.2 Å². The van der Waals surface area contributed by atoms with Gasteiger partial charge in [0.05, 0.1) is 0 Å². The van der Waals surface area contributed by atoms with Crippen LogP contribution in [0.2, 0.25) is 41.8 Å². The van der Waals surface area contributed by atoms with E-state index < -0.39 is 38.7 Å². The molecule has 2 aromatic carbocycles. The second-order valence-corrected chi connectivity index (χ2v) is 20.6. The fourth-order valence-corrected chi connectivity index (χ4v) is 12.1. The van der Waals surface area contributed by atoms with Crippen molar-refractivity contribution >= 4 is 38.9 Å². The van der Waals surface area contributed by atoms with Crippen LogP contribution in [-0.4, -0.2) is 16.2 Å². The molecule has 0 bridgehead atoms. The van der Waals surface area contributed by atoms with Crippen LogP contribution >= 0.6 is 22.7 Å². The lowest BCUT2D eigenvalue weighted by molar-refractivity contribution is 0.452. The van der Waals surface area contributed by atoms with Crippen molar-refractivity contribution in [2.24, 2.45) is 5.92 Å². The summed E-state index contributed by atoms with van der Waals surface area (Å²) in [6.45, 7) is 2.31. The predicted molar refractivity (Wildman–Crippen MR) is 135 cm³/mol. The zero-order valence-corrected chi connectivity index (χ0v) is 22.2. The number of rotatable bonds is 5. The molecular formula is C25H31Cl2F3Si2. The van der Waals surface area contributed by atoms with Crippen LogP contribution in [0.5, 0.6) is 0 Å². The quantitative estimate of drug-likeness (QED) is 0.212. The molecule has 2 aliphatic heterocycles. The number of hydrogen-bond acceptors (Lipinski definition) is 0. The molecule has 2 fully saturated rings. The third-order valence-corrected chi connectivity index (χ3v) is 15.3. The normalized spacial score (nSPS) is 28.6. The molecule has 0 amide bonds. The predicted octanol–water partition coefficient (Wildman–Crippen LogP) is 9.14. The Hall–Kier alpha value is -0.756. The summed E-state index contributed by atoms with van der Waals surface area (Å²) in [6.07, 6.45) is 6.33. The van der Waals surface area contributed by atoms with Crippen molar-refractivity contribution in [2.45, 2.75) is 74.8 Å². The summed E-state index contributed by atoms with van der Waals surface area (Å²) in [7, 11) is -2.07. The largest absolute Gasteiger partial charge is 0.206 e. The molecule has 0 atom stereocenters. The van der Waals surface area contributed by atoms with E-state index >= 15 is 0 Å². The van der Waals surface area contributed by atoms with Gasteiger partial charge in [-0.25, -0.2) is 13.2 Å². The summed E-state index contributed by atoms with van der Waals surface area (Å²) >= 11 is 12.2. The van der Waals surface area contributed by atoms with E-state index in [1.165, 1.54) is 49.5 Å². The van der Waals surface area contributed by atoms with Crippen molar-refractivity contribution in [3.63, 3.8) is 0 Å². The Morgan fingerprint density at radius 1 is 0.938 bits per heavy atom. The summed E-state index contributed by atoms with van der Waals surface area (Å²) in [6, 6.07) is 14.0. The fourth-order valence-electron chi connectivity index (χ4n) is 5.55. The molecule has 2 aromatic rings. The summed E-state index contributed by atoms with van der Waals surface area (Å²) in [5.74, 6) is -0.904. The molecule has 0 radical (unpaired) electrons. The average molecular weight is 516 g/mol. The van der Waals surface area contributed by atoms with Gasteiger partial charge >= 0.3 is 0 Å². The van der Waals surface area contributed by atoms with Crippen molar-refractivity contribution in [1.29, 1.82) is 0 Å². The zero-order chi connectivity index (χ0) is 22.9. The monoisotopic (exact) mass is 514 g/mol. The van der Waals surface area contributed by atoms with Crippen LogP contribution in [0, 0.1) is 23.4 Å². The Bertz CT molecular complexity index is 925. The fraction of sp³-hybridized carbons (Fsp3) is 0.520. The molecule has 2 saturated heterocycles. The topological polar surface area (TPSA) is 0 Å². The van der Waals surface area contributed by atoms with Crippen molar-refractivity contribution in [3.05, 3.63) is 58.4 Å². The van der Waals surface area contributed by atoms with E-state index in [0.29, 0.717) is 5.92 Å². The molecule has 0 N–H and O–H groups in total. The first-order valence-corrected chi connectivity index (χ1v) is 18.6. The highest BCUT2D eigenvalue weighted by Crippen LogP contribution is 2.40. The highest BCUT2D eigenvalue weighted by atomic mass is 35.6. The number of hydrogen-bond donors (Lipinski definition) is 0. The maximum Gasteiger partial charge on any atom is 0.153 e. The van der Waals surface area contributed by atoms with Crippen LogP contribution in [0.25, 0.3) is 11.1 Å². The van der Waals surface area contributed by atoms with E-state index in [-0.39, 0.29) is 11.1 Å². The Balaban J connectivity index is 1.32. The zero-order valence-electron chi connectivity index (χ0n) is 18.6. The van der Waals surface area contributed by atoms with E-state index in [1.807, 2.05) is 6.07 Å². The van der Waals surface area contributed by atoms with Gasteiger partial charge in [0.1, 0.15) is 22.5 Å². The van der Waals surface area contributed by atoms with Gasteiger partial charge in [0.15, 0.2) is 7.38 Å². The molecule has 32 heavy (non-hydrogen) atoms. The maximum absolute atomic E-state index is 14.8. The molecular weight excluding hydrogens is 484 g/mol. The van der Waals surface area contributed by atoms with Crippen molar-refractivity contribution in [1.82, 2.24) is 0 Å². The first-order valence-electron chi connectivity index (χ1n) is 11.8. The van der Waals surface area contributed by atoms with E-state index in [1.54, 1.807) is 12.1 Å². The minimum absolute atomic E-state index is 0.171. The van der Waals surface area contributed by atoms with Gasteiger partial charge in [-0.15, -0.1) is 0 Å². The van der Waals surface area contributed by atoms with Gasteiger partial charge in [0.2, 0.25) is 0 Å². The van der Waals surface area contributed by atoms with E-state index in [4.69, 9.17) is 22.7 Å². The SMILES string of the molecule is C[Si]1(Cl)CCC(CC[Si@H]2CC[C@H](c3ccc(-c4cc(F)c(Cl)c(F)c4)c(F)c3)CC2)CC1. The molecule has 0 aliphatic carbocycles. The molecule has 4 rings (SSSR count). The highest BCUT2D eigenvalue weighted by molar-refractivity contribution is 7.19. The van der Waals surface area contributed by atoms with Gasteiger partial charge in [-0.1, -0.05) is 67.7 Å². The first-order chi connectivity index (χ1) is 15.2. The Labute approximate surface area is 201 Å². The van der Waals surface area contributed by atoms with Crippen molar-refractivity contribution < 1.29 is 13.2 Å². The van der Waals surface area contributed by atoms with Crippen LogP contribution in [0.3, 0.4) is 0 Å². The highest BCUT2D eigenvalue weighted by Gasteiger charge is 2.32. The molecule has 2 heterocycles. The van der Waals surface area contributed by atoms with Gasteiger partial charge in [0.25, 0.3) is 0 Å². The van der Waals surface area contributed by atoms with Crippen LogP contribution in [0.15, 0.2) is 30.3 Å². The standard InChI is InChI=1S/C25H31Cl2F3Si2/c1-32(27)12-7-17(8-13-32)4-9-31-10-5-18(6-11-31)19-2-3-21(22(28)14-19)20-15-23(29)25(26)24(30)16-20/h2-3,14-18,31H,4-13H2,1H3/t17?,18-,31-,32?. The average Bonchev–Trinajstić information content (AvgIpc) is 2.77. The second kappa shape index (κ2) is 10.2. The Morgan fingerprint density at radius 3 is 2.16 bits per heavy atom. The molecule has 2 aliphatic rings. The van der Waals surface area contributed by atoms with Gasteiger partial charge in [-0.2, -0.15) is 11.1 Å². The van der Waals surface area contributed by atoms with E-state index in [2.05, 4.69) is 6.55 Å². The molecule has 7 heteroatoms. The molecule has 0 aromatic heterocycles. The van der Waals surface area contributed by atoms with Crippen LogP contribution in [-0.2, 0) is 0 Å². The molecule has 174 valence electrons. The smallest absolute Gasteiger partial charge is 0.153 e. The third kappa shape index (κ3) is 5.83. The van der Waals surface area contributed by atoms with Crippen molar-refractivity contribution in [2.75, 3.05) is 0 Å². The summed E-state index contributed by atoms with van der Waals surface area (Å²) in [5, 5.41) is -0.561. The second-order valence-electron chi connectivity index (χ2n) is 10.1. The summed E-state index contributed by atoms with van der Waals surface area (Å²) in [5.41, 5.74) is 1.38. The van der Waals surface area contributed by atoms with Crippen LogP contribution in [0.4, 0.5) is 13.2 Å². The minimum Gasteiger partial charge on any atom is -0.206 e. The summed E-state index contributed by atoms with van der Waals surface area (Å²) < 4.78 is 42.4. The number of benzene rings is 2. The lowest BCUT2D eigenvalue weighted by atomic mass is 9.91. The Morgan fingerprint density at radius 2 is 1.56 bits per heavy atom. The van der Waals surface area contributed by atoms with Gasteiger partial charge < -0.3 is 0 Å². The van der Waals surface area contributed by atoms with Crippen LogP contribution < -0.4 is 0 Å². The Kier molecular flexibility index (Phi) is 7.80. The molecule has 0 nitrogen and oxygen atoms in total. The molecule has 0 unspecified atom stereocenters. The first kappa shape index (κ1) is 24.4. The minimum atomic E-state index is -1.38. The van der Waals surface area contributed by atoms with Gasteiger partial charge in [0, 0.05) is 14.4 Å². The third-order valence-electron chi connectivity index (χ3n) is 7.74. The molecule has 0 saturated carbocycles. The molecule has 0 spiro atoms. The van der Waals surface area contributed by atoms with Gasteiger partial charge in [-0.05, 0) is 66.1 Å². The van der Waals surface area contributed by atoms with E-state index in [0.717, 1.165) is 36.5 Å². The van der Waals surface area contributed by atoms with Crippen molar-refractivity contribution in [3.8, 4) is 11.1 Å². The van der Waals surface area contributed by atoms with Gasteiger partial charge in [-0.3, -0.25) is 0 Å².